The molecule has 0 aromatic heterocycles. The van der Waals surface area contributed by atoms with Crippen LogP contribution in [0.15, 0.2) is 23.8 Å². The predicted octanol–water partition coefficient (Wildman–Crippen LogP) is 1.25. The van der Waals surface area contributed by atoms with Gasteiger partial charge in [0.05, 0.1) is 6.10 Å². The van der Waals surface area contributed by atoms with E-state index in [0.717, 1.165) is 12.0 Å². The van der Waals surface area contributed by atoms with E-state index in [9.17, 15) is 0 Å². The fraction of sp³-hybridized carbons (Fsp3) is 0.429. The average Bonchev–Trinajstić information content (AvgIpc) is 1.77. The summed E-state index contributed by atoms with van der Waals surface area (Å²) in [5, 5.41) is 9.02. The Balaban J connectivity index is 2.63. The van der Waals surface area contributed by atoms with Gasteiger partial charge in [0.25, 0.3) is 0 Å². The first kappa shape index (κ1) is 5.57. The van der Waals surface area contributed by atoms with Crippen molar-refractivity contribution in [3.8, 4) is 0 Å². The Labute approximate surface area is 49.3 Å². The molecule has 1 aliphatic rings. The van der Waals surface area contributed by atoms with Gasteiger partial charge < -0.3 is 5.11 Å². The third-order valence-electron chi connectivity index (χ3n) is 1.36. The molecule has 1 unspecified atom stereocenters. The van der Waals surface area contributed by atoms with Gasteiger partial charge >= 0.3 is 0 Å². The van der Waals surface area contributed by atoms with Crippen LogP contribution in [0.3, 0.4) is 0 Å². The van der Waals surface area contributed by atoms with Gasteiger partial charge in [-0.05, 0) is 18.9 Å². The van der Waals surface area contributed by atoms with Crippen molar-refractivity contribution >= 4 is 0 Å². The number of allylic oxidation sites excluding steroid dienone is 2. The zero-order valence-electron chi connectivity index (χ0n) is 4.96. The van der Waals surface area contributed by atoms with Gasteiger partial charge in [-0.3, -0.25) is 0 Å². The third kappa shape index (κ3) is 0.984. The molecule has 0 saturated carbocycles. The van der Waals surface area contributed by atoms with Crippen molar-refractivity contribution < 1.29 is 5.11 Å². The van der Waals surface area contributed by atoms with Gasteiger partial charge in [0.15, 0.2) is 0 Å². The molecule has 1 nitrogen and oxygen atoms in total. The number of hydrogen-bond donors (Lipinski definition) is 1. The molecule has 44 valence electrons. The van der Waals surface area contributed by atoms with Crippen LogP contribution in [0.25, 0.3) is 0 Å². The van der Waals surface area contributed by atoms with Crippen LogP contribution in [0.2, 0.25) is 0 Å². The molecule has 0 fully saturated rings. The monoisotopic (exact) mass is 110 g/mol. The molecule has 1 heteroatoms. The molecule has 0 saturated heterocycles. The van der Waals surface area contributed by atoms with E-state index in [1.165, 1.54) is 0 Å². The number of hydrogen-bond acceptors (Lipinski definition) is 1. The Morgan fingerprint density at radius 3 is 2.88 bits per heavy atom. The van der Waals surface area contributed by atoms with Crippen LogP contribution < -0.4 is 0 Å². The number of rotatable bonds is 0. The van der Waals surface area contributed by atoms with Crippen molar-refractivity contribution in [1.82, 2.24) is 0 Å². The normalized spacial score (nSPS) is 27.8. The zero-order valence-corrected chi connectivity index (χ0v) is 4.96. The van der Waals surface area contributed by atoms with Crippen LogP contribution in [0.5, 0.6) is 0 Å². The zero-order chi connectivity index (χ0) is 5.98. The molecule has 0 aromatic rings. The Morgan fingerprint density at radius 1 is 1.75 bits per heavy atom. The van der Waals surface area contributed by atoms with Crippen molar-refractivity contribution in [3.05, 3.63) is 23.8 Å². The lowest BCUT2D eigenvalue weighted by atomic mass is 10.1. The van der Waals surface area contributed by atoms with E-state index in [2.05, 4.69) is 0 Å². The molecule has 1 N–H and O–H groups in total. The summed E-state index contributed by atoms with van der Waals surface area (Å²) in [6, 6.07) is 0. The maximum atomic E-state index is 9.02. The Hall–Kier alpha value is -0.560. The Kier molecular flexibility index (Phi) is 1.49. The molecule has 0 amide bonds. The van der Waals surface area contributed by atoms with E-state index >= 15 is 0 Å². The third-order valence-corrected chi connectivity index (χ3v) is 1.36. The topological polar surface area (TPSA) is 20.2 Å². The second-order valence-corrected chi connectivity index (χ2v) is 2.06. The summed E-state index contributed by atoms with van der Waals surface area (Å²) in [5.74, 6) is 0. The first-order valence-electron chi connectivity index (χ1n) is 2.82. The number of aliphatic hydroxyl groups excluding tert-OH is 1. The van der Waals surface area contributed by atoms with Crippen molar-refractivity contribution in [3.63, 3.8) is 0 Å². The Bertz CT molecular complexity index is 133. The van der Waals surface area contributed by atoms with E-state index < -0.39 is 0 Å². The molecular weight excluding hydrogens is 100 g/mol. The van der Waals surface area contributed by atoms with Crippen LogP contribution >= 0.6 is 0 Å². The maximum Gasteiger partial charge on any atom is 0.0929 e. The van der Waals surface area contributed by atoms with Gasteiger partial charge in [-0.25, -0.2) is 0 Å². The lowest BCUT2D eigenvalue weighted by molar-refractivity contribution is 0.257. The molecule has 0 heterocycles. The van der Waals surface area contributed by atoms with E-state index in [0.29, 0.717) is 0 Å². The first-order valence-corrected chi connectivity index (χ1v) is 2.82. The first-order chi connectivity index (χ1) is 3.80. The minimum absolute atomic E-state index is 0.316. The predicted molar refractivity (Wildman–Crippen MR) is 33.5 cm³/mol. The largest absolute Gasteiger partial charge is 0.385 e. The van der Waals surface area contributed by atoms with E-state index in [1.54, 1.807) is 0 Å². The summed E-state index contributed by atoms with van der Waals surface area (Å²) in [4.78, 5) is 0. The SMILES string of the molecule is CC1=CCC=CC1O. The molecule has 1 atom stereocenters. The Morgan fingerprint density at radius 2 is 2.50 bits per heavy atom. The quantitative estimate of drug-likeness (QED) is 0.465. The molecule has 1 aliphatic carbocycles. The van der Waals surface area contributed by atoms with Gasteiger partial charge in [0.1, 0.15) is 0 Å². The van der Waals surface area contributed by atoms with E-state index in [1.807, 2.05) is 25.2 Å². The van der Waals surface area contributed by atoms with Crippen molar-refractivity contribution in [2.75, 3.05) is 0 Å². The van der Waals surface area contributed by atoms with Gasteiger partial charge in [0, 0.05) is 0 Å². The van der Waals surface area contributed by atoms with Crippen LogP contribution in [0, 0.1) is 0 Å². The van der Waals surface area contributed by atoms with Crippen LogP contribution in [-0.4, -0.2) is 11.2 Å². The van der Waals surface area contributed by atoms with Gasteiger partial charge in [-0.1, -0.05) is 18.2 Å². The molecule has 0 aliphatic heterocycles. The van der Waals surface area contributed by atoms with Crippen LogP contribution in [0.4, 0.5) is 0 Å². The molecule has 0 radical (unpaired) electrons. The minimum Gasteiger partial charge on any atom is -0.385 e. The van der Waals surface area contributed by atoms with Crippen LogP contribution in [0.1, 0.15) is 13.3 Å². The van der Waals surface area contributed by atoms with E-state index in [4.69, 9.17) is 5.11 Å². The highest BCUT2D eigenvalue weighted by Gasteiger charge is 2.02. The molecular formula is C7H10O. The highest BCUT2D eigenvalue weighted by molar-refractivity contribution is 5.18. The lowest BCUT2D eigenvalue weighted by Gasteiger charge is -2.08. The van der Waals surface area contributed by atoms with Gasteiger partial charge in [-0.15, -0.1) is 0 Å². The van der Waals surface area contributed by atoms with Crippen molar-refractivity contribution in [2.45, 2.75) is 19.4 Å². The fourth-order valence-corrected chi connectivity index (χ4v) is 0.734. The summed E-state index contributed by atoms with van der Waals surface area (Å²) in [7, 11) is 0. The minimum atomic E-state index is -0.316. The second kappa shape index (κ2) is 2.14. The van der Waals surface area contributed by atoms with Crippen molar-refractivity contribution in [1.29, 1.82) is 0 Å². The van der Waals surface area contributed by atoms with Gasteiger partial charge in [-0.2, -0.15) is 0 Å². The maximum absolute atomic E-state index is 9.02. The van der Waals surface area contributed by atoms with E-state index in [-0.39, 0.29) is 6.10 Å². The fourth-order valence-electron chi connectivity index (χ4n) is 0.734. The average molecular weight is 110 g/mol. The van der Waals surface area contributed by atoms with Gasteiger partial charge in [0.2, 0.25) is 0 Å². The number of aliphatic hydroxyl groups is 1. The highest BCUT2D eigenvalue weighted by atomic mass is 16.3. The standard InChI is InChI=1S/C7H10O/c1-6-4-2-3-5-7(6)8/h3-5,7-8H,2H2,1H3. The lowest BCUT2D eigenvalue weighted by Crippen LogP contribution is -2.05. The van der Waals surface area contributed by atoms with Crippen molar-refractivity contribution in [2.24, 2.45) is 0 Å². The molecule has 8 heavy (non-hydrogen) atoms. The molecule has 0 aromatic carbocycles. The highest BCUT2D eigenvalue weighted by Crippen LogP contribution is 2.09. The molecule has 0 spiro atoms. The summed E-state index contributed by atoms with van der Waals surface area (Å²) in [6.45, 7) is 1.94. The van der Waals surface area contributed by atoms with Crippen LogP contribution in [-0.2, 0) is 0 Å². The summed E-state index contributed by atoms with van der Waals surface area (Å²) in [6.07, 6.45) is 6.48. The summed E-state index contributed by atoms with van der Waals surface area (Å²) in [5.41, 5.74) is 1.06. The molecule has 0 bridgehead atoms. The summed E-state index contributed by atoms with van der Waals surface area (Å²) < 4.78 is 0. The smallest absolute Gasteiger partial charge is 0.0929 e. The second-order valence-electron chi connectivity index (χ2n) is 2.06. The molecule has 1 rings (SSSR count). The summed E-state index contributed by atoms with van der Waals surface area (Å²) >= 11 is 0.